The Balaban J connectivity index is 2.35. The number of anilines is 1. The molecule has 1 atom stereocenters. The second kappa shape index (κ2) is 5.30. The van der Waals surface area contributed by atoms with E-state index in [1.165, 1.54) is 0 Å². The number of carbonyl (C=O) groups excluding carboxylic acids is 1. The van der Waals surface area contributed by atoms with Gasteiger partial charge >= 0.3 is 5.97 Å². The molecule has 1 amide bonds. The van der Waals surface area contributed by atoms with Gasteiger partial charge < -0.3 is 15.3 Å². The van der Waals surface area contributed by atoms with Crippen molar-refractivity contribution in [3.63, 3.8) is 0 Å². The highest BCUT2D eigenvalue weighted by molar-refractivity contribution is 5.84. The van der Waals surface area contributed by atoms with Gasteiger partial charge in [-0.15, -0.1) is 0 Å². The number of para-hydroxylation sites is 1. The maximum Gasteiger partial charge on any atom is 0.310 e. The molecule has 1 fully saturated rings. The molecule has 0 aromatic heterocycles. The van der Waals surface area contributed by atoms with Gasteiger partial charge in [-0.3, -0.25) is 9.59 Å². The van der Waals surface area contributed by atoms with Crippen molar-refractivity contribution < 1.29 is 14.7 Å². The number of carboxylic acids is 1. The summed E-state index contributed by atoms with van der Waals surface area (Å²) in [6.07, 6.45) is 0. The molecule has 1 aromatic carbocycles. The third-order valence-corrected chi connectivity index (χ3v) is 3.43. The maximum atomic E-state index is 11.7. The number of nitrogens with zero attached hydrogens (tertiary/aromatic N) is 1. The number of hydrogen-bond acceptors (Lipinski definition) is 3. The van der Waals surface area contributed by atoms with Crippen molar-refractivity contribution in [1.82, 2.24) is 5.32 Å². The molecular weight excluding hydrogens is 244 g/mol. The summed E-state index contributed by atoms with van der Waals surface area (Å²) < 4.78 is 0. The molecule has 5 nitrogen and oxygen atoms in total. The molecule has 1 aliphatic rings. The van der Waals surface area contributed by atoms with E-state index in [-0.39, 0.29) is 19.0 Å². The van der Waals surface area contributed by atoms with Crippen LogP contribution in [-0.4, -0.2) is 36.6 Å². The smallest absolute Gasteiger partial charge is 0.310 e. The Labute approximate surface area is 112 Å². The van der Waals surface area contributed by atoms with Gasteiger partial charge in [0.2, 0.25) is 5.91 Å². The van der Waals surface area contributed by atoms with Gasteiger partial charge in [0.1, 0.15) is 0 Å². The minimum absolute atomic E-state index is 0.133. The predicted molar refractivity (Wildman–Crippen MR) is 72.3 cm³/mol. The first-order valence-electron chi connectivity index (χ1n) is 6.29. The molecule has 1 aliphatic heterocycles. The van der Waals surface area contributed by atoms with Gasteiger partial charge in [-0.05, 0) is 25.0 Å². The molecule has 0 aliphatic carbocycles. The van der Waals surface area contributed by atoms with Crippen molar-refractivity contribution in [3.05, 3.63) is 29.3 Å². The molecule has 102 valence electrons. The van der Waals surface area contributed by atoms with Gasteiger partial charge in [0.25, 0.3) is 0 Å². The summed E-state index contributed by atoms with van der Waals surface area (Å²) in [5.41, 5.74) is 3.07. The molecule has 0 spiro atoms. The molecule has 1 heterocycles. The predicted octanol–water partition coefficient (Wildman–Crippen LogP) is 0.940. The lowest BCUT2D eigenvalue weighted by molar-refractivity contribution is -0.141. The van der Waals surface area contributed by atoms with E-state index in [2.05, 4.69) is 5.32 Å². The number of hydrogen-bond donors (Lipinski definition) is 2. The molecular formula is C14H18N2O3. The van der Waals surface area contributed by atoms with E-state index in [0.717, 1.165) is 16.8 Å². The maximum absolute atomic E-state index is 11.7. The molecule has 0 radical (unpaired) electrons. The summed E-state index contributed by atoms with van der Waals surface area (Å²) in [7, 11) is 0. The van der Waals surface area contributed by atoms with Crippen molar-refractivity contribution in [1.29, 1.82) is 0 Å². The van der Waals surface area contributed by atoms with Crippen LogP contribution in [0, 0.1) is 19.8 Å². The number of carboxylic acid groups (broad SMARTS) is 1. The van der Waals surface area contributed by atoms with Crippen molar-refractivity contribution in [2.75, 3.05) is 24.5 Å². The molecule has 2 N–H and O–H groups in total. The Hall–Kier alpha value is -2.04. The normalized spacial score (nSPS) is 19.8. The molecule has 1 unspecified atom stereocenters. The van der Waals surface area contributed by atoms with E-state index >= 15 is 0 Å². The van der Waals surface area contributed by atoms with E-state index in [4.69, 9.17) is 0 Å². The Morgan fingerprint density at radius 2 is 2.00 bits per heavy atom. The van der Waals surface area contributed by atoms with Crippen molar-refractivity contribution in [2.45, 2.75) is 13.8 Å². The van der Waals surface area contributed by atoms with Crippen LogP contribution in [0.3, 0.4) is 0 Å². The van der Waals surface area contributed by atoms with Crippen LogP contribution in [0.4, 0.5) is 5.69 Å². The highest BCUT2D eigenvalue weighted by Gasteiger charge is 2.28. The first-order valence-corrected chi connectivity index (χ1v) is 6.29. The average Bonchev–Trinajstić information content (AvgIpc) is 2.51. The summed E-state index contributed by atoms with van der Waals surface area (Å²) in [6.45, 7) is 4.69. The fourth-order valence-electron chi connectivity index (χ4n) is 2.50. The van der Waals surface area contributed by atoms with Crippen LogP contribution in [0.25, 0.3) is 0 Å². The van der Waals surface area contributed by atoms with Crippen LogP contribution in [0.1, 0.15) is 11.1 Å². The molecule has 0 saturated carbocycles. The van der Waals surface area contributed by atoms with Crippen LogP contribution in [0.2, 0.25) is 0 Å². The van der Waals surface area contributed by atoms with Crippen molar-refractivity contribution in [2.24, 2.45) is 5.92 Å². The second-order valence-corrected chi connectivity index (χ2v) is 4.96. The zero-order chi connectivity index (χ0) is 14.0. The minimum atomic E-state index is -0.876. The third kappa shape index (κ3) is 2.86. The van der Waals surface area contributed by atoms with Gasteiger partial charge in [-0.2, -0.15) is 0 Å². The minimum Gasteiger partial charge on any atom is -0.481 e. The largest absolute Gasteiger partial charge is 0.481 e. The van der Waals surface area contributed by atoms with Gasteiger partial charge in [-0.1, -0.05) is 18.2 Å². The summed E-state index contributed by atoms with van der Waals surface area (Å²) in [5.74, 6) is -1.59. The van der Waals surface area contributed by atoms with Gasteiger partial charge in [0, 0.05) is 18.8 Å². The zero-order valence-corrected chi connectivity index (χ0v) is 11.1. The first-order chi connectivity index (χ1) is 8.99. The standard InChI is InChI=1S/C14H18N2O3/c1-9-4-3-5-10(2)13(9)16-7-11(14(18)19)6-15-12(17)8-16/h3-5,11H,6-8H2,1-2H3,(H,15,17)(H,18,19). The SMILES string of the molecule is Cc1cccc(C)c1N1CC(=O)NCC(C(=O)O)C1. The lowest BCUT2D eigenvalue weighted by Gasteiger charge is -2.27. The van der Waals surface area contributed by atoms with Crippen LogP contribution >= 0.6 is 0 Å². The van der Waals surface area contributed by atoms with E-state index in [9.17, 15) is 14.7 Å². The number of nitrogens with one attached hydrogen (secondary N) is 1. The number of aliphatic carboxylic acids is 1. The second-order valence-electron chi connectivity index (χ2n) is 4.96. The Bertz CT molecular complexity index is 493. The fourth-order valence-corrected chi connectivity index (χ4v) is 2.50. The number of aryl methyl sites for hydroxylation is 2. The van der Waals surface area contributed by atoms with Crippen molar-refractivity contribution in [3.8, 4) is 0 Å². The van der Waals surface area contributed by atoms with Crippen LogP contribution in [-0.2, 0) is 9.59 Å². The van der Waals surface area contributed by atoms with Crippen molar-refractivity contribution >= 4 is 17.6 Å². The average molecular weight is 262 g/mol. The lowest BCUT2D eigenvalue weighted by Crippen LogP contribution is -2.35. The van der Waals surface area contributed by atoms with Crippen LogP contribution < -0.4 is 10.2 Å². The van der Waals surface area contributed by atoms with Gasteiger partial charge in [0.05, 0.1) is 12.5 Å². The Morgan fingerprint density at radius 3 is 2.58 bits per heavy atom. The quantitative estimate of drug-likeness (QED) is 0.832. The summed E-state index contributed by atoms with van der Waals surface area (Å²) in [6, 6.07) is 5.91. The summed E-state index contributed by atoms with van der Waals surface area (Å²) in [5, 5.41) is 11.8. The van der Waals surface area contributed by atoms with E-state index in [1.54, 1.807) is 0 Å². The van der Waals surface area contributed by atoms with E-state index in [0.29, 0.717) is 6.54 Å². The fraction of sp³-hybridized carbons (Fsp3) is 0.429. The van der Waals surface area contributed by atoms with Gasteiger partial charge in [0.15, 0.2) is 0 Å². The van der Waals surface area contributed by atoms with Gasteiger partial charge in [-0.25, -0.2) is 0 Å². The number of amides is 1. The molecule has 2 rings (SSSR count). The molecule has 0 bridgehead atoms. The number of benzene rings is 1. The number of rotatable bonds is 2. The summed E-state index contributed by atoms with van der Waals surface area (Å²) in [4.78, 5) is 24.8. The van der Waals surface area contributed by atoms with E-state index < -0.39 is 11.9 Å². The van der Waals surface area contributed by atoms with E-state index in [1.807, 2.05) is 36.9 Å². The third-order valence-electron chi connectivity index (χ3n) is 3.43. The molecule has 5 heteroatoms. The zero-order valence-electron chi connectivity index (χ0n) is 11.1. The Morgan fingerprint density at radius 1 is 1.37 bits per heavy atom. The lowest BCUT2D eigenvalue weighted by atomic mass is 10.1. The highest BCUT2D eigenvalue weighted by Crippen LogP contribution is 2.26. The highest BCUT2D eigenvalue weighted by atomic mass is 16.4. The number of carbonyl (C=O) groups is 2. The molecule has 1 saturated heterocycles. The molecule has 19 heavy (non-hydrogen) atoms. The van der Waals surface area contributed by atoms with Crippen LogP contribution in [0.15, 0.2) is 18.2 Å². The monoisotopic (exact) mass is 262 g/mol. The Kier molecular flexibility index (Phi) is 3.74. The summed E-state index contributed by atoms with van der Waals surface area (Å²) >= 11 is 0. The first kappa shape index (κ1) is 13.4. The van der Waals surface area contributed by atoms with Crippen LogP contribution in [0.5, 0.6) is 0 Å². The topological polar surface area (TPSA) is 69.6 Å². The molecule has 1 aromatic rings.